The molecular weight excluding hydrogens is 156 g/mol. The number of rotatable bonds is 0. The third-order valence-electron chi connectivity index (χ3n) is 3.80. The van der Waals surface area contributed by atoms with E-state index in [4.69, 9.17) is 4.74 Å². The zero-order valence-electron chi connectivity index (χ0n) is 6.82. The number of fused-ring (bicyclic) bond motifs is 1. The minimum absolute atomic E-state index is 0.0428. The summed E-state index contributed by atoms with van der Waals surface area (Å²) in [5, 5.41) is 9.58. The maximum atomic E-state index is 11.0. The number of carbonyl (C=O) groups is 1. The van der Waals surface area contributed by atoms with E-state index in [1.165, 1.54) is 0 Å². The second-order valence-electron chi connectivity index (χ2n) is 4.49. The van der Waals surface area contributed by atoms with Crippen LogP contribution >= 0.6 is 0 Å². The van der Waals surface area contributed by atoms with Gasteiger partial charge in [-0.3, -0.25) is 4.79 Å². The fourth-order valence-electron chi connectivity index (χ4n) is 3.27. The van der Waals surface area contributed by atoms with E-state index in [0.29, 0.717) is 12.3 Å². The smallest absolute Gasteiger partial charge is 0.306 e. The molecule has 2 saturated carbocycles. The average Bonchev–Trinajstić information content (AvgIpc) is 2.47. The van der Waals surface area contributed by atoms with E-state index in [-0.39, 0.29) is 23.6 Å². The fraction of sp³-hybridized carbons (Fsp3) is 0.889. The van der Waals surface area contributed by atoms with Gasteiger partial charge in [0.1, 0.15) is 6.10 Å². The van der Waals surface area contributed by atoms with Gasteiger partial charge in [-0.15, -0.1) is 0 Å². The van der Waals surface area contributed by atoms with Crippen LogP contribution in [0.2, 0.25) is 0 Å². The van der Waals surface area contributed by atoms with Gasteiger partial charge in [0.2, 0.25) is 0 Å². The van der Waals surface area contributed by atoms with Gasteiger partial charge in [0.05, 0.1) is 12.5 Å². The molecule has 12 heavy (non-hydrogen) atoms. The largest absolute Gasteiger partial charge is 0.462 e. The van der Waals surface area contributed by atoms with E-state index in [1.54, 1.807) is 0 Å². The summed E-state index contributed by atoms with van der Waals surface area (Å²) >= 11 is 0. The van der Waals surface area contributed by atoms with Crippen LogP contribution in [0.5, 0.6) is 0 Å². The Morgan fingerprint density at radius 3 is 3.08 bits per heavy atom. The number of hydrogen-bond acceptors (Lipinski definition) is 3. The summed E-state index contributed by atoms with van der Waals surface area (Å²) in [5.74, 6) is 0.343. The standard InChI is InChI=1S/C9H12O3/c10-6-3-9-2-5(6)1-7(9)12-8(11)4-9/h5-7,10H,1-4H2/t5-,6+,7-,9+/m1/s1. The number of aliphatic hydroxyl groups excluding tert-OH is 1. The van der Waals surface area contributed by atoms with Gasteiger partial charge >= 0.3 is 5.97 Å². The van der Waals surface area contributed by atoms with Crippen LogP contribution in [0.4, 0.5) is 0 Å². The topological polar surface area (TPSA) is 46.5 Å². The van der Waals surface area contributed by atoms with Gasteiger partial charge < -0.3 is 9.84 Å². The predicted octanol–water partition coefficient (Wildman–Crippen LogP) is 0.463. The van der Waals surface area contributed by atoms with Crippen LogP contribution in [-0.2, 0) is 9.53 Å². The summed E-state index contributed by atoms with van der Waals surface area (Å²) in [7, 11) is 0. The lowest BCUT2D eigenvalue weighted by molar-refractivity contribution is -0.142. The van der Waals surface area contributed by atoms with Crippen LogP contribution in [0.3, 0.4) is 0 Å². The molecule has 1 N–H and O–H groups in total. The summed E-state index contributed by atoms with van der Waals surface area (Å²) in [6.07, 6.45) is 3.20. The highest BCUT2D eigenvalue weighted by molar-refractivity contribution is 5.73. The Morgan fingerprint density at radius 2 is 2.33 bits per heavy atom. The summed E-state index contributed by atoms with van der Waals surface area (Å²) in [6.45, 7) is 0. The number of ether oxygens (including phenoxy) is 1. The third kappa shape index (κ3) is 0.637. The van der Waals surface area contributed by atoms with Crippen molar-refractivity contribution in [2.24, 2.45) is 11.3 Å². The maximum Gasteiger partial charge on any atom is 0.306 e. The summed E-state index contributed by atoms with van der Waals surface area (Å²) in [4.78, 5) is 11.0. The first-order chi connectivity index (χ1) is 5.70. The highest BCUT2D eigenvalue weighted by atomic mass is 16.6. The summed E-state index contributed by atoms with van der Waals surface area (Å²) in [5.41, 5.74) is 0.0428. The average molecular weight is 168 g/mol. The van der Waals surface area contributed by atoms with Crippen molar-refractivity contribution in [1.82, 2.24) is 0 Å². The van der Waals surface area contributed by atoms with E-state index in [9.17, 15) is 9.90 Å². The van der Waals surface area contributed by atoms with E-state index in [1.807, 2.05) is 0 Å². The zero-order chi connectivity index (χ0) is 8.34. The van der Waals surface area contributed by atoms with Crippen LogP contribution in [0.1, 0.15) is 25.7 Å². The molecule has 1 spiro atoms. The van der Waals surface area contributed by atoms with Crippen molar-refractivity contribution in [3.05, 3.63) is 0 Å². The van der Waals surface area contributed by atoms with Crippen molar-refractivity contribution >= 4 is 5.97 Å². The zero-order valence-corrected chi connectivity index (χ0v) is 6.82. The van der Waals surface area contributed by atoms with Gasteiger partial charge in [-0.1, -0.05) is 0 Å². The molecular formula is C9H12O3. The Labute approximate surface area is 70.7 Å². The Balaban J connectivity index is 1.96. The van der Waals surface area contributed by atoms with Crippen LogP contribution < -0.4 is 0 Å². The van der Waals surface area contributed by atoms with Crippen molar-refractivity contribution in [2.75, 3.05) is 0 Å². The first-order valence-electron chi connectivity index (χ1n) is 4.57. The van der Waals surface area contributed by atoms with Gasteiger partial charge in [-0.2, -0.15) is 0 Å². The third-order valence-corrected chi connectivity index (χ3v) is 3.80. The highest BCUT2D eigenvalue weighted by Gasteiger charge is 2.62. The lowest BCUT2D eigenvalue weighted by atomic mass is 9.80. The highest BCUT2D eigenvalue weighted by Crippen LogP contribution is 2.60. The fourth-order valence-corrected chi connectivity index (χ4v) is 3.27. The Morgan fingerprint density at radius 1 is 1.50 bits per heavy atom. The molecule has 0 aromatic carbocycles. The lowest BCUT2D eigenvalue weighted by Crippen LogP contribution is -2.30. The number of aliphatic hydroxyl groups is 1. The number of carbonyl (C=O) groups excluding carboxylic acids is 1. The van der Waals surface area contributed by atoms with Gasteiger partial charge in [0.25, 0.3) is 0 Å². The van der Waals surface area contributed by atoms with Crippen molar-refractivity contribution in [3.8, 4) is 0 Å². The van der Waals surface area contributed by atoms with Gasteiger partial charge in [0.15, 0.2) is 0 Å². The van der Waals surface area contributed by atoms with Crippen molar-refractivity contribution < 1.29 is 14.6 Å². The van der Waals surface area contributed by atoms with Crippen molar-refractivity contribution in [3.63, 3.8) is 0 Å². The van der Waals surface area contributed by atoms with Gasteiger partial charge in [-0.25, -0.2) is 0 Å². The minimum atomic E-state index is -0.171. The number of esters is 1. The molecule has 3 rings (SSSR count). The molecule has 0 radical (unpaired) electrons. The second-order valence-corrected chi connectivity index (χ2v) is 4.49. The molecule has 66 valence electrons. The molecule has 2 aliphatic carbocycles. The van der Waals surface area contributed by atoms with E-state index >= 15 is 0 Å². The van der Waals surface area contributed by atoms with E-state index < -0.39 is 0 Å². The molecule has 1 saturated heterocycles. The SMILES string of the molecule is O=C1C[C@@]23C[C@@H](C[C@H]2O1)[C@@H](O)C3. The first-order valence-corrected chi connectivity index (χ1v) is 4.57. The molecule has 0 aromatic rings. The first kappa shape index (κ1) is 6.89. The van der Waals surface area contributed by atoms with Crippen LogP contribution in [0.25, 0.3) is 0 Å². The molecule has 2 bridgehead atoms. The van der Waals surface area contributed by atoms with Gasteiger partial charge in [-0.05, 0) is 25.2 Å². The van der Waals surface area contributed by atoms with E-state index in [2.05, 4.69) is 0 Å². The van der Waals surface area contributed by atoms with Crippen LogP contribution in [-0.4, -0.2) is 23.3 Å². The van der Waals surface area contributed by atoms with Crippen molar-refractivity contribution in [2.45, 2.75) is 37.9 Å². The van der Waals surface area contributed by atoms with Crippen LogP contribution in [0, 0.1) is 11.3 Å². The molecule has 3 fully saturated rings. The summed E-state index contributed by atoms with van der Waals surface area (Å²) < 4.78 is 5.21. The Hall–Kier alpha value is -0.570. The lowest BCUT2D eigenvalue weighted by Gasteiger charge is -2.26. The molecule has 4 atom stereocenters. The second kappa shape index (κ2) is 1.84. The monoisotopic (exact) mass is 168 g/mol. The molecule has 3 heteroatoms. The summed E-state index contributed by atoms with van der Waals surface area (Å²) in [6, 6.07) is 0. The Bertz CT molecular complexity index is 246. The minimum Gasteiger partial charge on any atom is -0.462 e. The molecule has 0 aromatic heterocycles. The molecule has 1 heterocycles. The maximum absolute atomic E-state index is 11.0. The van der Waals surface area contributed by atoms with Crippen LogP contribution in [0.15, 0.2) is 0 Å². The number of hydrogen-bond donors (Lipinski definition) is 1. The molecule has 0 unspecified atom stereocenters. The predicted molar refractivity (Wildman–Crippen MR) is 40.3 cm³/mol. The quantitative estimate of drug-likeness (QED) is 0.534. The van der Waals surface area contributed by atoms with Crippen molar-refractivity contribution in [1.29, 1.82) is 0 Å². The molecule has 0 amide bonds. The molecule has 3 nitrogen and oxygen atoms in total. The molecule has 3 aliphatic rings. The normalized spacial score (nSPS) is 55.8. The Kier molecular flexibility index (Phi) is 1.06. The van der Waals surface area contributed by atoms with E-state index in [0.717, 1.165) is 19.3 Å². The van der Waals surface area contributed by atoms with Gasteiger partial charge in [0, 0.05) is 5.41 Å². The molecule has 1 aliphatic heterocycles.